The van der Waals surface area contributed by atoms with E-state index in [1.807, 2.05) is 0 Å². The van der Waals surface area contributed by atoms with Gasteiger partial charge in [0.15, 0.2) is 21.4 Å². The zero-order chi connectivity index (χ0) is 18.7. The molecular weight excluding hydrogens is 358 g/mol. The first kappa shape index (κ1) is 17.9. The molecule has 1 amide bonds. The lowest BCUT2D eigenvalue weighted by molar-refractivity contribution is 0.0903. The molecule has 1 unspecified atom stereocenters. The Kier molecular flexibility index (Phi) is 4.90. The number of benzene rings is 1. The number of sulfone groups is 1. The predicted octanol–water partition coefficient (Wildman–Crippen LogP) is 2.44. The third-order valence-electron chi connectivity index (χ3n) is 3.58. The van der Waals surface area contributed by atoms with Crippen LogP contribution in [-0.2, 0) is 15.6 Å². The molecule has 0 radical (unpaired) electrons. The van der Waals surface area contributed by atoms with Gasteiger partial charge in [-0.2, -0.15) is 4.98 Å². The minimum atomic E-state index is -3.55. The van der Waals surface area contributed by atoms with Gasteiger partial charge in [-0.15, -0.1) is 0 Å². The summed E-state index contributed by atoms with van der Waals surface area (Å²) in [5.74, 6) is 0.0908. The number of nitrogens with one attached hydrogen (secondary N) is 1. The first-order chi connectivity index (χ1) is 12.3. The van der Waals surface area contributed by atoms with Gasteiger partial charge in [0.1, 0.15) is 17.6 Å². The summed E-state index contributed by atoms with van der Waals surface area (Å²) in [5, 5.41) is 6.32. The molecule has 3 rings (SSSR count). The average molecular weight is 375 g/mol. The highest BCUT2D eigenvalue weighted by molar-refractivity contribution is 7.90. The molecule has 0 aliphatic heterocycles. The Morgan fingerprint density at radius 3 is 2.58 bits per heavy atom. The van der Waals surface area contributed by atoms with Gasteiger partial charge in [0, 0.05) is 0 Å². The van der Waals surface area contributed by atoms with Gasteiger partial charge >= 0.3 is 0 Å². The highest BCUT2D eigenvalue weighted by Crippen LogP contribution is 2.19. The van der Waals surface area contributed by atoms with Crippen LogP contribution in [0.1, 0.15) is 41.0 Å². The molecule has 136 valence electrons. The molecule has 8 nitrogen and oxygen atoms in total. The molecule has 9 heteroatoms. The van der Waals surface area contributed by atoms with Crippen molar-refractivity contribution in [1.82, 2.24) is 15.5 Å². The molecule has 0 saturated heterocycles. The zero-order valence-corrected chi connectivity index (χ0v) is 15.0. The van der Waals surface area contributed by atoms with E-state index in [4.69, 9.17) is 8.94 Å². The Hall–Kier alpha value is -2.94. The van der Waals surface area contributed by atoms with Crippen molar-refractivity contribution >= 4 is 15.7 Å². The number of aromatic nitrogens is 2. The normalized spacial score (nSPS) is 12.7. The second-order valence-corrected chi connectivity index (χ2v) is 7.70. The van der Waals surface area contributed by atoms with Crippen molar-refractivity contribution in [2.75, 3.05) is 0 Å². The topological polar surface area (TPSA) is 115 Å². The maximum Gasteiger partial charge on any atom is 0.287 e. The number of amides is 1. The number of carbonyl (C=O) groups excluding carboxylic acids is 1. The van der Waals surface area contributed by atoms with Crippen LogP contribution in [-0.4, -0.2) is 24.5 Å². The molecular formula is C17H17N3O5S. The maximum atomic E-state index is 12.4. The predicted molar refractivity (Wildman–Crippen MR) is 91.0 cm³/mol. The molecule has 0 spiro atoms. The van der Waals surface area contributed by atoms with Crippen molar-refractivity contribution in [1.29, 1.82) is 0 Å². The summed E-state index contributed by atoms with van der Waals surface area (Å²) in [7, 11) is -3.55. The van der Waals surface area contributed by atoms with Crippen molar-refractivity contribution in [2.24, 2.45) is 0 Å². The summed E-state index contributed by atoms with van der Waals surface area (Å²) in [6, 6.07) is 10.4. The van der Waals surface area contributed by atoms with E-state index >= 15 is 0 Å². The van der Waals surface area contributed by atoms with Crippen LogP contribution in [0.2, 0.25) is 0 Å². The van der Waals surface area contributed by atoms with E-state index in [1.54, 1.807) is 32.0 Å². The Balaban J connectivity index is 1.68. The standard InChI is InChI=1S/C17H17N3O5S/c1-11(17-19-12(2)20-25-17)18-16(21)15-9-8-13(24-15)10-26(22,23)14-6-4-3-5-7-14/h3-9,11H,10H2,1-2H3,(H,18,21). The Morgan fingerprint density at radius 2 is 1.92 bits per heavy atom. The number of aryl methyl sites for hydroxylation is 1. The van der Waals surface area contributed by atoms with E-state index in [9.17, 15) is 13.2 Å². The van der Waals surface area contributed by atoms with Crippen LogP contribution in [0.5, 0.6) is 0 Å². The largest absolute Gasteiger partial charge is 0.455 e. The monoisotopic (exact) mass is 375 g/mol. The van der Waals surface area contributed by atoms with Crippen LogP contribution in [0.4, 0.5) is 0 Å². The highest BCUT2D eigenvalue weighted by Gasteiger charge is 2.21. The van der Waals surface area contributed by atoms with Crippen LogP contribution in [0.15, 0.2) is 56.3 Å². The van der Waals surface area contributed by atoms with Crippen LogP contribution >= 0.6 is 0 Å². The minimum Gasteiger partial charge on any atom is -0.455 e. The molecule has 0 fully saturated rings. The second kappa shape index (κ2) is 7.12. The number of nitrogens with zero attached hydrogens (tertiary/aromatic N) is 2. The Labute approximate surface area is 150 Å². The van der Waals surface area contributed by atoms with Crippen molar-refractivity contribution in [3.05, 3.63) is 65.7 Å². The van der Waals surface area contributed by atoms with Crippen LogP contribution < -0.4 is 5.32 Å². The number of carbonyl (C=O) groups is 1. The summed E-state index contributed by atoms with van der Waals surface area (Å²) in [5.41, 5.74) is 0. The smallest absolute Gasteiger partial charge is 0.287 e. The van der Waals surface area contributed by atoms with Gasteiger partial charge < -0.3 is 14.3 Å². The summed E-state index contributed by atoms with van der Waals surface area (Å²) >= 11 is 0. The quantitative estimate of drug-likeness (QED) is 0.703. The fourth-order valence-electron chi connectivity index (χ4n) is 2.29. The van der Waals surface area contributed by atoms with Gasteiger partial charge in [0.25, 0.3) is 5.91 Å². The van der Waals surface area contributed by atoms with Crippen LogP contribution in [0.3, 0.4) is 0 Å². The van der Waals surface area contributed by atoms with E-state index in [1.165, 1.54) is 24.3 Å². The molecule has 2 heterocycles. The molecule has 1 N–H and O–H groups in total. The summed E-state index contributed by atoms with van der Waals surface area (Å²) in [6.45, 7) is 3.36. The first-order valence-corrected chi connectivity index (χ1v) is 9.48. The fraction of sp³-hybridized carbons (Fsp3) is 0.235. The molecule has 2 aromatic heterocycles. The van der Waals surface area contributed by atoms with E-state index < -0.39 is 21.8 Å². The highest BCUT2D eigenvalue weighted by atomic mass is 32.2. The Bertz CT molecular complexity index is 1010. The van der Waals surface area contributed by atoms with Gasteiger partial charge in [-0.1, -0.05) is 23.4 Å². The van der Waals surface area contributed by atoms with Crippen molar-refractivity contribution in [2.45, 2.75) is 30.5 Å². The molecule has 0 aliphatic carbocycles. The first-order valence-electron chi connectivity index (χ1n) is 7.83. The lowest BCUT2D eigenvalue weighted by Crippen LogP contribution is -2.26. The van der Waals surface area contributed by atoms with Gasteiger partial charge in [-0.3, -0.25) is 4.79 Å². The fourth-order valence-corrected chi connectivity index (χ4v) is 3.56. The second-order valence-electron chi connectivity index (χ2n) is 5.71. The zero-order valence-electron chi connectivity index (χ0n) is 14.2. The number of rotatable bonds is 6. The molecule has 0 bridgehead atoms. The SMILES string of the molecule is Cc1noc(C(C)NC(=O)c2ccc(CS(=O)(=O)c3ccccc3)o2)n1. The number of hydrogen-bond donors (Lipinski definition) is 1. The van der Waals surface area contributed by atoms with Gasteiger partial charge in [0.05, 0.1) is 4.90 Å². The summed E-state index contributed by atoms with van der Waals surface area (Å²) in [6.07, 6.45) is 0. The lowest BCUT2D eigenvalue weighted by Gasteiger charge is -2.07. The van der Waals surface area contributed by atoms with E-state index in [-0.39, 0.29) is 28.1 Å². The Morgan fingerprint density at radius 1 is 1.19 bits per heavy atom. The van der Waals surface area contributed by atoms with Crippen molar-refractivity contribution in [3.63, 3.8) is 0 Å². The third-order valence-corrected chi connectivity index (χ3v) is 5.24. The molecule has 26 heavy (non-hydrogen) atoms. The molecule has 0 aliphatic rings. The molecule has 1 aromatic carbocycles. The van der Waals surface area contributed by atoms with Gasteiger partial charge in [-0.05, 0) is 38.1 Å². The van der Waals surface area contributed by atoms with Gasteiger partial charge in [0.2, 0.25) is 5.89 Å². The van der Waals surface area contributed by atoms with Crippen LogP contribution in [0.25, 0.3) is 0 Å². The van der Waals surface area contributed by atoms with Gasteiger partial charge in [-0.25, -0.2) is 8.42 Å². The molecule has 0 saturated carbocycles. The molecule has 1 atom stereocenters. The summed E-state index contributed by atoms with van der Waals surface area (Å²) in [4.78, 5) is 16.5. The summed E-state index contributed by atoms with van der Waals surface area (Å²) < 4.78 is 35.1. The minimum absolute atomic E-state index is 0.00588. The lowest BCUT2D eigenvalue weighted by atomic mass is 10.3. The third kappa shape index (κ3) is 3.99. The van der Waals surface area contributed by atoms with Crippen molar-refractivity contribution < 1.29 is 22.2 Å². The number of hydrogen-bond acceptors (Lipinski definition) is 7. The maximum absolute atomic E-state index is 12.4. The van der Waals surface area contributed by atoms with E-state index in [0.717, 1.165) is 0 Å². The average Bonchev–Trinajstić information content (AvgIpc) is 3.24. The van der Waals surface area contributed by atoms with Crippen LogP contribution in [0, 0.1) is 6.92 Å². The van der Waals surface area contributed by atoms with E-state index in [2.05, 4.69) is 15.5 Å². The number of furan rings is 1. The van der Waals surface area contributed by atoms with Crippen molar-refractivity contribution in [3.8, 4) is 0 Å². The van der Waals surface area contributed by atoms with E-state index in [0.29, 0.717) is 5.82 Å². The molecule has 3 aromatic rings.